The highest BCUT2D eigenvalue weighted by molar-refractivity contribution is 5.99. The summed E-state index contributed by atoms with van der Waals surface area (Å²) in [5.41, 5.74) is 3.17. The average Bonchev–Trinajstić information content (AvgIpc) is 3.32. The van der Waals surface area contributed by atoms with Gasteiger partial charge in [0.15, 0.2) is 0 Å². The van der Waals surface area contributed by atoms with Crippen LogP contribution in [0.1, 0.15) is 23.2 Å². The quantitative estimate of drug-likeness (QED) is 0.350. The van der Waals surface area contributed by atoms with Crippen LogP contribution in [0.4, 0.5) is 23.8 Å². The van der Waals surface area contributed by atoms with Crippen molar-refractivity contribution < 1.29 is 32.3 Å². The number of pyridine rings is 1. The topological polar surface area (TPSA) is 86.9 Å². The molecule has 3 heterocycles. The molecule has 1 fully saturated rings. The molecule has 1 saturated heterocycles. The summed E-state index contributed by atoms with van der Waals surface area (Å²) in [7, 11) is 1.36. The second-order valence-electron chi connectivity index (χ2n) is 8.96. The number of anilines is 1. The van der Waals surface area contributed by atoms with Crippen molar-refractivity contribution in [1.82, 2.24) is 9.88 Å². The number of aromatic nitrogens is 1. The van der Waals surface area contributed by atoms with E-state index >= 15 is 0 Å². The van der Waals surface area contributed by atoms with Crippen molar-refractivity contribution >= 4 is 28.9 Å². The van der Waals surface area contributed by atoms with Crippen molar-refractivity contribution in [1.29, 1.82) is 0 Å². The molecular formula is C27H22F3N3O4. The van der Waals surface area contributed by atoms with Crippen LogP contribution in [0.2, 0.25) is 0 Å². The maximum Gasteiger partial charge on any atom is 0.413 e. The maximum atomic E-state index is 13.6. The summed E-state index contributed by atoms with van der Waals surface area (Å²) < 4.78 is 46.3. The van der Waals surface area contributed by atoms with Gasteiger partial charge in [-0.2, -0.15) is 0 Å². The van der Waals surface area contributed by atoms with Crippen LogP contribution in [0.25, 0.3) is 33.4 Å². The highest BCUT2D eigenvalue weighted by atomic mass is 19.3. The Kier molecular flexibility index (Phi) is 6.10. The third-order valence-electron chi connectivity index (χ3n) is 6.46. The fourth-order valence-corrected chi connectivity index (χ4v) is 4.30. The van der Waals surface area contributed by atoms with Crippen LogP contribution >= 0.6 is 0 Å². The van der Waals surface area contributed by atoms with E-state index in [1.807, 2.05) is 0 Å². The second-order valence-corrected chi connectivity index (χ2v) is 8.96. The Hall–Kier alpha value is -4.34. The van der Waals surface area contributed by atoms with Gasteiger partial charge in [0.25, 0.3) is 11.8 Å². The van der Waals surface area contributed by atoms with Crippen molar-refractivity contribution in [2.24, 2.45) is 0 Å². The first-order valence-corrected chi connectivity index (χ1v) is 11.5. The number of carbonyl (C=O) groups excluding carboxylic acids is 1. The molecule has 2 aromatic heterocycles. The fourth-order valence-electron chi connectivity index (χ4n) is 4.30. The molecule has 190 valence electrons. The summed E-state index contributed by atoms with van der Waals surface area (Å²) in [5, 5.41) is 9.95. The Balaban J connectivity index is 1.51. The van der Waals surface area contributed by atoms with E-state index in [9.17, 15) is 27.9 Å². The highest BCUT2D eigenvalue weighted by Crippen LogP contribution is 2.38. The summed E-state index contributed by atoms with van der Waals surface area (Å²) in [4.78, 5) is 31.0. The molecule has 1 aliphatic heterocycles. The number of benzene rings is 2. The van der Waals surface area contributed by atoms with Gasteiger partial charge in [-0.15, -0.1) is 0 Å². The molecule has 5 rings (SSSR count). The maximum absolute atomic E-state index is 13.6. The van der Waals surface area contributed by atoms with E-state index in [0.717, 1.165) is 4.90 Å². The summed E-state index contributed by atoms with van der Waals surface area (Å²) in [5.74, 6) is -3.38. The minimum atomic E-state index is -2.74. The van der Waals surface area contributed by atoms with Gasteiger partial charge in [-0.1, -0.05) is 12.1 Å². The van der Waals surface area contributed by atoms with Gasteiger partial charge < -0.3 is 14.4 Å². The Morgan fingerprint density at radius 1 is 1.03 bits per heavy atom. The SMILES string of the molecule is CN(C(=O)O)c1cc2cc(-c3ccc(C(=O)N4CCC(F)(F)CC4)cn3)cc(-c3ccc(F)cc3)c2o1. The molecule has 10 heteroatoms. The van der Waals surface area contributed by atoms with Gasteiger partial charge in [0.05, 0.1) is 11.3 Å². The first kappa shape index (κ1) is 24.4. The number of rotatable bonds is 4. The number of piperidine rings is 1. The van der Waals surface area contributed by atoms with Gasteiger partial charge in [-0.25, -0.2) is 18.0 Å². The van der Waals surface area contributed by atoms with E-state index in [2.05, 4.69) is 4.98 Å². The molecule has 0 aliphatic carbocycles. The predicted molar refractivity (Wildman–Crippen MR) is 131 cm³/mol. The van der Waals surface area contributed by atoms with Crippen molar-refractivity contribution in [3.05, 3.63) is 72.2 Å². The average molecular weight is 509 g/mol. The third-order valence-corrected chi connectivity index (χ3v) is 6.46. The molecule has 7 nitrogen and oxygen atoms in total. The zero-order chi connectivity index (χ0) is 26.3. The Morgan fingerprint density at radius 3 is 2.35 bits per heavy atom. The van der Waals surface area contributed by atoms with Gasteiger partial charge in [-0.05, 0) is 42.0 Å². The smallest absolute Gasteiger partial charge is 0.413 e. The first-order valence-electron chi connectivity index (χ1n) is 11.5. The molecule has 1 aliphatic rings. The highest BCUT2D eigenvalue weighted by Gasteiger charge is 2.35. The molecule has 2 aromatic carbocycles. The molecule has 4 aromatic rings. The number of halogens is 3. The third kappa shape index (κ3) is 4.87. The van der Waals surface area contributed by atoms with Crippen molar-refractivity contribution in [3.8, 4) is 22.4 Å². The predicted octanol–water partition coefficient (Wildman–Crippen LogP) is 6.29. The minimum absolute atomic E-state index is 0.0150. The molecule has 1 N–H and O–H groups in total. The van der Waals surface area contributed by atoms with E-state index in [1.165, 1.54) is 30.3 Å². The number of carbonyl (C=O) groups is 2. The van der Waals surface area contributed by atoms with Gasteiger partial charge in [0, 0.05) is 61.8 Å². The van der Waals surface area contributed by atoms with Gasteiger partial charge in [-0.3, -0.25) is 14.7 Å². The fraction of sp³-hybridized carbons (Fsp3) is 0.222. The molecular weight excluding hydrogens is 487 g/mol. The lowest BCUT2D eigenvalue weighted by atomic mass is 9.98. The summed E-state index contributed by atoms with van der Waals surface area (Å²) in [6.45, 7) is -0.0300. The van der Waals surface area contributed by atoms with Crippen LogP contribution in [-0.2, 0) is 0 Å². The number of hydrogen-bond acceptors (Lipinski definition) is 4. The number of furan rings is 1. The molecule has 2 amide bonds. The van der Waals surface area contributed by atoms with E-state index in [4.69, 9.17) is 4.42 Å². The molecule has 0 bridgehead atoms. The zero-order valence-electron chi connectivity index (χ0n) is 19.7. The molecule has 0 radical (unpaired) electrons. The van der Waals surface area contributed by atoms with Crippen LogP contribution in [0.3, 0.4) is 0 Å². The van der Waals surface area contributed by atoms with Crippen LogP contribution in [0.15, 0.2) is 65.2 Å². The summed E-state index contributed by atoms with van der Waals surface area (Å²) in [6, 6.07) is 14.2. The summed E-state index contributed by atoms with van der Waals surface area (Å²) >= 11 is 0. The Bertz CT molecular complexity index is 1470. The molecule has 0 atom stereocenters. The number of carboxylic acid groups (broad SMARTS) is 1. The zero-order valence-corrected chi connectivity index (χ0v) is 19.7. The standard InChI is InChI=1S/C27H22F3N3O4/c1-32(26(35)36)23-14-19-12-18(13-21(24(19)37-23)16-2-5-20(28)6-3-16)22-7-4-17(15-31-22)25(34)33-10-8-27(29,30)9-11-33/h2-7,12-15H,8-11H2,1H3,(H,35,36). The number of likely N-dealkylation sites (tertiary alicyclic amines) is 1. The summed E-state index contributed by atoms with van der Waals surface area (Å²) in [6.07, 6.45) is -0.507. The molecule has 37 heavy (non-hydrogen) atoms. The minimum Gasteiger partial charge on any atom is -0.465 e. The number of hydrogen-bond donors (Lipinski definition) is 1. The van der Waals surface area contributed by atoms with Crippen LogP contribution in [-0.4, -0.2) is 53.1 Å². The number of amides is 2. The lowest BCUT2D eigenvalue weighted by molar-refractivity contribution is -0.0494. The van der Waals surface area contributed by atoms with Gasteiger partial charge in [0.1, 0.15) is 11.4 Å². The lowest BCUT2D eigenvalue weighted by Crippen LogP contribution is -2.42. The molecule has 0 spiro atoms. The lowest BCUT2D eigenvalue weighted by Gasteiger charge is -2.31. The van der Waals surface area contributed by atoms with E-state index < -0.39 is 17.8 Å². The van der Waals surface area contributed by atoms with Crippen LogP contribution in [0.5, 0.6) is 0 Å². The van der Waals surface area contributed by atoms with E-state index in [-0.39, 0.29) is 37.7 Å². The van der Waals surface area contributed by atoms with E-state index in [1.54, 1.807) is 42.5 Å². The first-order chi connectivity index (χ1) is 17.6. The Morgan fingerprint density at radius 2 is 1.73 bits per heavy atom. The number of alkyl halides is 2. The van der Waals surface area contributed by atoms with Gasteiger partial charge >= 0.3 is 6.09 Å². The van der Waals surface area contributed by atoms with Crippen molar-refractivity contribution in [2.75, 3.05) is 25.0 Å². The van der Waals surface area contributed by atoms with Crippen LogP contribution < -0.4 is 4.90 Å². The van der Waals surface area contributed by atoms with Crippen molar-refractivity contribution in [2.45, 2.75) is 18.8 Å². The largest absolute Gasteiger partial charge is 0.465 e. The van der Waals surface area contributed by atoms with Crippen LogP contribution in [0, 0.1) is 5.82 Å². The second kappa shape index (κ2) is 9.27. The van der Waals surface area contributed by atoms with E-state index in [0.29, 0.717) is 38.9 Å². The normalized spacial score (nSPS) is 15.1. The Labute approximate surface area is 209 Å². The molecule has 0 saturated carbocycles. The monoisotopic (exact) mass is 509 g/mol. The number of fused-ring (bicyclic) bond motifs is 1. The van der Waals surface area contributed by atoms with Crippen molar-refractivity contribution in [3.63, 3.8) is 0 Å². The number of nitrogens with zero attached hydrogens (tertiary/aromatic N) is 3. The van der Waals surface area contributed by atoms with Gasteiger partial charge in [0.2, 0.25) is 5.88 Å². The molecule has 0 unspecified atom stereocenters.